The molecule has 2 aliphatic heterocycles. The highest BCUT2D eigenvalue weighted by Crippen LogP contribution is 2.32. The van der Waals surface area contributed by atoms with Gasteiger partial charge in [0.2, 0.25) is 0 Å². The van der Waals surface area contributed by atoms with Crippen LogP contribution in [0.5, 0.6) is 0 Å². The summed E-state index contributed by atoms with van der Waals surface area (Å²) in [6.07, 6.45) is 4.84. The number of likely N-dealkylation sites (tertiary alicyclic amines) is 2. The Morgan fingerprint density at radius 1 is 1.16 bits per heavy atom. The standard InChI is InChI=1S/C23H29N7O2/c1-28-11-17-12-30(14-23(17,26)13-28)21(25)6-5-19(24)18-4-3-15(9-20(18)27-32)16-7-8-29(2)22(31)10-16/h3-10,17,24-25,27,32H,11-14,26H2,1-2H3/t17-,23-/m0/s1. The third-order valence-corrected chi connectivity index (χ3v) is 6.45. The number of pyridine rings is 1. The fourth-order valence-corrected chi connectivity index (χ4v) is 4.68. The Morgan fingerprint density at radius 3 is 2.59 bits per heavy atom. The van der Waals surface area contributed by atoms with Crippen molar-refractivity contribution >= 4 is 17.2 Å². The molecule has 168 valence electrons. The lowest BCUT2D eigenvalue weighted by molar-refractivity contribution is 0.335. The van der Waals surface area contributed by atoms with Crippen LogP contribution in [0.4, 0.5) is 5.69 Å². The summed E-state index contributed by atoms with van der Waals surface area (Å²) in [6.45, 7) is 3.14. The fraction of sp³-hybridized carbons (Fsp3) is 0.348. The van der Waals surface area contributed by atoms with Gasteiger partial charge in [-0.05, 0) is 42.5 Å². The van der Waals surface area contributed by atoms with Crippen molar-refractivity contribution in [3.8, 4) is 11.1 Å². The van der Waals surface area contributed by atoms with Crippen molar-refractivity contribution in [2.45, 2.75) is 5.54 Å². The van der Waals surface area contributed by atoms with Crippen molar-refractivity contribution in [2.75, 3.05) is 38.7 Å². The third kappa shape index (κ3) is 4.10. The molecule has 2 atom stereocenters. The molecule has 3 heterocycles. The maximum Gasteiger partial charge on any atom is 0.250 e. The summed E-state index contributed by atoms with van der Waals surface area (Å²) < 4.78 is 1.48. The number of likely N-dealkylation sites (N-methyl/N-ethyl adjacent to an activating group) is 1. The minimum Gasteiger partial charge on any atom is -0.355 e. The topological polar surface area (TPSA) is 134 Å². The number of aromatic nitrogens is 1. The molecule has 4 rings (SSSR count). The molecule has 0 bridgehead atoms. The van der Waals surface area contributed by atoms with Crippen molar-refractivity contribution in [3.05, 3.63) is 64.6 Å². The Morgan fingerprint density at radius 2 is 1.91 bits per heavy atom. The van der Waals surface area contributed by atoms with Gasteiger partial charge in [-0.3, -0.25) is 20.9 Å². The molecule has 0 unspecified atom stereocenters. The quantitative estimate of drug-likeness (QED) is 0.273. The molecule has 2 saturated heterocycles. The molecule has 0 radical (unpaired) electrons. The van der Waals surface area contributed by atoms with Gasteiger partial charge >= 0.3 is 0 Å². The molecular weight excluding hydrogens is 406 g/mol. The predicted molar refractivity (Wildman–Crippen MR) is 126 cm³/mol. The number of nitrogens with zero attached hydrogens (tertiary/aromatic N) is 3. The molecule has 32 heavy (non-hydrogen) atoms. The molecule has 1 aromatic heterocycles. The first-order valence-corrected chi connectivity index (χ1v) is 10.5. The zero-order valence-electron chi connectivity index (χ0n) is 18.3. The second-order valence-corrected chi connectivity index (χ2v) is 8.88. The number of nitrogens with two attached hydrogens (primary N) is 1. The van der Waals surface area contributed by atoms with Gasteiger partial charge in [0.15, 0.2) is 0 Å². The first kappa shape index (κ1) is 21.9. The van der Waals surface area contributed by atoms with E-state index in [1.54, 1.807) is 43.6 Å². The highest BCUT2D eigenvalue weighted by molar-refractivity contribution is 6.12. The first-order chi connectivity index (χ1) is 15.2. The minimum absolute atomic E-state index is 0.128. The van der Waals surface area contributed by atoms with E-state index < -0.39 is 0 Å². The number of benzene rings is 1. The monoisotopic (exact) mass is 435 g/mol. The van der Waals surface area contributed by atoms with Crippen LogP contribution in [0.1, 0.15) is 5.56 Å². The van der Waals surface area contributed by atoms with Gasteiger partial charge in [-0.25, -0.2) is 0 Å². The van der Waals surface area contributed by atoms with Crippen LogP contribution in [0.25, 0.3) is 11.1 Å². The van der Waals surface area contributed by atoms with E-state index in [2.05, 4.69) is 17.4 Å². The number of aryl methyl sites for hydroxylation is 1. The molecule has 2 aliphatic rings. The Bertz CT molecular complexity index is 1160. The average molecular weight is 436 g/mol. The van der Waals surface area contributed by atoms with Crippen molar-refractivity contribution in [3.63, 3.8) is 0 Å². The predicted octanol–water partition coefficient (Wildman–Crippen LogP) is 1.33. The zero-order valence-corrected chi connectivity index (χ0v) is 18.3. The highest BCUT2D eigenvalue weighted by Gasteiger charge is 2.49. The lowest BCUT2D eigenvalue weighted by Gasteiger charge is -2.24. The van der Waals surface area contributed by atoms with Crippen LogP contribution in [-0.4, -0.2) is 69.9 Å². The van der Waals surface area contributed by atoms with Gasteiger partial charge in [0, 0.05) is 57.0 Å². The second kappa shape index (κ2) is 8.34. The molecule has 2 aromatic rings. The molecule has 0 amide bonds. The van der Waals surface area contributed by atoms with Gasteiger partial charge in [0.05, 0.1) is 16.9 Å². The Kier molecular flexibility index (Phi) is 5.72. The molecular formula is C23H29N7O2. The molecule has 2 fully saturated rings. The average Bonchev–Trinajstić information content (AvgIpc) is 3.22. The lowest BCUT2D eigenvalue weighted by Crippen LogP contribution is -2.49. The number of anilines is 1. The Labute approximate surface area is 186 Å². The summed E-state index contributed by atoms with van der Waals surface area (Å²) in [4.78, 5) is 16.1. The van der Waals surface area contributed by atoms with Crippen molar-refractivity contribution in [1.29, 1.82) is 10.8 Å². The summed E-state index contributed by atoms with van der Waals surface area (Å²) in [5.74, 6) is 0.667. The van der Waals surface area contributed by atoms with E-state index in [0.717, 1.165) is 30.8 Å². The number of fused-ring (bicyclic) bond motifs is 1. The van der Waals surface area contributed by atoms with Crippen LogP contribution in [-0.2, 0) is 7.05 Å². The number of hydrogen-bond donors (Lipinski definition) is 5. The maximum atomic E-state index is 11.9. The van der Waals surface area contributed by atoms with Gasteiger partial charge in [-0.1, -0.05) is 12.1 Å². The van der Waals surface area contributed by atoms with Crippen LogP contribution in [0.2, 0.25) is 0 Å². The number of allylic oxidation sites excluding steroid dienone is 1. The zero-order chi connectivity index (χ0) is 23.0. The SMILES string of the molecule is CN1C[C@H]2CN(C(=N)C=CC(=N)c3ccc(-c4ccn(C)c(=O)c4)cc3NO)C[C@@]2(N)C1. The maximum absolute atomic E-state index is 11.9. The van der Waals surface area contributed by atoms with Crippen LogP contribution in [0, 0.1) is 16.7 Å². The molecule has 0 aliphatic carbocycles. The lowest BCUT2D eigenvalue weighted by atomic mass is 9.92. The Balaban J connectivity index is 1.48. The smallest absolute Gasteiger partial charge is 0.250 e. The Hall–Kier alpha value is -3.27. The summed E-state index contributed by atoms with van der Waals surface area (Å²) in [5, 5.41) is 26.5. The van der Waals surface area contributed by atoms with Gasteiger partial charge < -0.3 is 25.5 Å². The molecule has 0 spiro atoms. The van der Waals surface area contributed by atoms with Gasteiger partial charge in [-0.2, -0.15) is 0 Å². The van der Waals surface area contributed by atoms with E-state index in [0.29, 0.717) is 29.5 Å². The van der Waals surface area contributed by atoms with Gasteiger partial charge in [0.1, 0.15) is 5.84 Å². The molecule has 1 aromatic carbocycles. The highest BCUT2D eigenvalue weighted by atomic mass is 16.5. The van der Waals surface area contributed by atoms with E-state index in [9.17, 15) is 10.0 Å². The van der Waals surface area contributed by atoms with E-state index in [4.69, 9.17) is 16.6 Å². The molecule has 9 nitrogen and oxygen atoms in total. The van der Waals surface area contributed by atoms with E-state index in [1.165, 1.54) is 10.6 Å². The largest absolute Gasteiger partial charge is 0.355 e. The van der Waals surface area contributed by atoms with Crippen molar-refractivity contribution in [1.82, 2.24) is 14.4 Å². The third-order valence-electron chi connectivity index (χ3n) is 6.45. The van der Waals surface area contributed by atoms with Crippen molar-refractivity contribution < 1.29 is 5.21 Å². The van der Waals surface area contributed by atoms with Gasteiger partial charge in [-0.15, -0.1) is 0 Å². The van der Waals surface area contributed by atoms with Crippen LogP contribution in [0.3, 0.4) is 0 Å². The normalized spacial score (nSPS) is 23.0. The minimum atomic E-state index is -0.287. The van der Waals surface area contributed by atoms with Crippen LogP contribution < -0.4 is 16.8 Å². The first-order valence-electron chi connectivity index (χ1n) is 10.5. The van der Waals surface area contributed by atoms with Gasteiger partial charge in [0.25, 0.3) is 5.56 Å². The molecule has 0 saturated carbocycles. The number of hydrogen-bond acceptors (Lipinski definition) is 7. The fourth-order valence-electron chi connectivity index (χ4n) is 4.68. The number of amidine groups is 1. The van der Waals surface area contributed by atoms with Crippen LogP contribution in [0.15, 0.2) is 53.5 Å². The second-order valence-electron chi connectivity index (χ2n) is 8.88. The summed E-state index contributed by atoms with van der Waals surface area (Å²) >= 11 is 0. The van der Waals surface area contributed by atoms with E-state index in [-0.39, 0.29) is 16.8 Å². The van der Waals surface area contributed by atoms with Crippen LogP contribution >= 0.6 is 0 Å². The number of nitrogens with one attached hydrogen (secondary N) is 3. The summed E-state index contributed by atoms with van der Waals surface area (Å²) in [6, 6.07) is 8.54. The molecule has 9 heteroatoms. The molecule has 6 N–H and O–H groups in total. The van der Waals surface area contributed by atoms with E-state index in [1.807, 2.05) is 11.0 Å². The van der Waals surface area contributed by atoms with E-state index >= 15 is 0 Å². The summed E-state index contributed by atoms with van der Waals surface area (Å²) in [5.41, 5.74) is 10.7. The number of rotatable bonds is 5. The van der Waals surface area contributed by atoms with Crippen molar-refractivity contribution in [2.24, 2.45) is 18.7 Å². The summed E-state index contributed by atoms with van der Waals surface area (Å²) in [7, 11) is 3.75.